The molecule has 1 aliphatic heterocycles. The molecule has 2 N–H and O–H groups in total. The van der Waals surface area contributed by atoms with E-state index in [1.165, 1.54) is 0 Å². The Bertz CT molecular complexity index is 1040. The molecular weight excluding hydrogens is 491 g/mol. The second-order valence-electron chi connectivity index (χ2n) is 9.14. The largest absolute Gasteiger partial charge is 0.385 e. The predicted molar refractivity (Wildman–Crippen MR) is 139 cm³/mol. The molecule has 1 aromatic carbocycles. The lowest BCUT2D eigenvalue weighted by atomic mass is 9.93. The maximum Gasteiger partial charge on any atom is 0.290 e. The van der Waals surface area contributed by atoms with Crippen molar-refractivity contribution in [3.63, 3.8) is 0 Å². The zero-order chi connectivity index (χ0) is 23.2. The Balaban J connectivity index is 0.00000216. The number of hydrogen-bond donors (Lipinski definition) is 2. The third-order valence-corrected chi connectivity index (χ3v) is 6.14. The van der Waals surface area contributed by atoms with Gasteiger partial charge >= 0.3 is 0 Å². The number of nitrogens with one attached hydrogen (secondary N) is 2. The normalized spacial score (nSPS) is 17.7. The minimum atomic E-state index is -0.0211. The van der Waals surface area contributed by atoms with E-state index in [0.717, 1.165) is 49.9 Å². The highest BCUT2D eigenvalue weighted by Gasteiger charge is 2.34. The van der Waals surface area contributed by atoms with Gasteiger partial charge in [-0.1, -0.05) is 31.2 Å². The molecule has 0 aliphatic carbocycles. The van der Waals surface area contributed by atoms with E-state index in [0.29, 0.717) is 30.7 Å². The van der Waals surface area contributed by atoms with Crippen molar-refractivity contribution in [2.75, 3.05) is 33.4 Å². The summed E-state index contributed by atoms with van der Waals surface area (Å²) in [6.07, 6.45) is 2.65. The average Bonchev–Trinajstić information content (AvgIpc) is 3.48. The minimum Gasteiger partial charge on any atom is -0.385 e. The number of imidazole rings is 1. The summed E-state index contributed by atoms with van der Waals surface area (Å²) in [6.45, 7) is 7.90. The zero-order valence-corrected chi connectivity index (χ0v) is 22.1. The number of aryl methyl sites for hydroxylation is 1. The molecule has 10 nitrogen and oxygen atoms in total. The molecule has 1 saturated heterocycles. The molecular formula is C23H36Cl2N8O2. The number of aromatic amines is 1. The fourth-order valence-corrected chi connectivity index (χ4v) is 4.60. The summed E-state index contributed by atoms with van der Waals surface area (Å²) in [6, 6.07) is 8.00. The van der Waals surface area contributed by atoms with Crippen LogP contribution in [0.1, 0.15) is 55.5 Å². The second-order valence-corrected chi connectivity index (χ2v) is 9.14. The number of methoxy groups -OCH3 is 1. The molecule has 0 radical (unpaired) electrons. The lowest BCUT2D eigenvalue weighted by Gasteiger charge is -2.38. The van der Waals surface area contributed by atoms with Gasteiger partial charge in [-0.15, -0.1) is 35.0 Å². The number of benzene rings is 1. The first kappa shape index (κ1) is 29.0. The van der Waals surface area contributed by atoms with Crippen molar-refractivity contribution in [1.29, 1.82) is 0 Å². The second kappa shape index (κ2) is 13.7. The predicted octanol–water partition coefficient (Wildman–Crippen LogP) is 3.06. The fourth-order valence-electron chi connectivity index (χ4n) is 4.60. The molecule has 194 valence electrons. The Labute approximate surface area is 218 Å². The number of H-pyrrole nitrogens is 1. The van der Waals surface area contributed by atoms with Crippen molar-refractivity contribution >= 4 is 41.8 Å². The van der Waals surface area contributed by atoms with Crippen molar-refractivity contribution in [3.05, 3.63) is 35.9 Å². The number of unbranched alkanes of at least 4 members (excludes halogenated alkanes) is 1. The smallest absolute Gasteiger partial charge is 0.290 e. The maximum atomic E-state index is 14.0. The monoisotopic (exact) mass is 526 g/mol. The molecule has 1 fully saturated rings. The van der Waals surface area contributed by atoms with Gasteiger partial charge in [0.25, 0.3) is 5.91 Å². The molecule has 3 heterocycles. The number of carbonyl (C=O) groups is 1. The van der Waals surface area contributed by atoms with Crippen LogP contribution in [0.25, 0.3) is 11.0 Å². The lowest BCUT2D eigenvalue weighted by molar-refractivity contribution is 0.0590. The van der Waals surface area contributed by atoms with Gasteiger partial charge in [0.15, 0.2) is 11.6 Å². The number of ether oxygens (including phenoxy) is 1. The van der Waals surface area contributed by atoms with E-state index < -0.39 is 0 Å². The van der Waals surface area contributed by atoms with Crippen LogP contribution in [0.3, 0.4) is 0 Å². The van der Waals surface area contributed by atoms with E-state index >= 15 is 0 Å². The molecule has 1 amide bonds. The molecule has 35 heavy (non-hydrogen) atoms. The molecule has 12 heteroatoms. The van der Waals surface area contributed by atoms with Gasteiger partial charge in [-0.25, -0.2) is 4.98 Å². The SMILES string of the molecule is COCCCCn1c(C(=O)N(CC(C)C)[C@@H]2CNCC(c3nn[nH]n3)C2)nc2ccccc21.Cl.Cl. The number of carbonyl (C=O) groups excluding carboxylic acids is 1. The van der Waals surface area contributed by atoms with E-state index in [-0.39, 0.29) is 42.7 Å². The topological polar surface area (TPSA) is 114 Å². The molecule has 3 aromatic rings. The van der Waals surface area contributed by atoms with Gasteiger partial charge in [0.1, 0.15) is 0 Å². The number of rotatable bonds is 10. The van der Waals surface area contributed by atoms with E-state index in [4.69, 9.17) is 9.72 Å². The Morgan fingerprint density at radius 2 is 2.03 bits per heavy atom. The average molecular weight is 528 g/mol. The van der Waals surface area contributed by atoms with Crippen LogP contribution in [0, 0.1) is 5.92 Å². The van der Waals surface area contributed by atoms with Crippen molar-refractivity contribution < 1.29 is 9.53 Å². The number of halogens is 2. The van der Waals surface area contributed by atoms with Crippen LogP contribution in [-0.2, 0) is 11.3 Å². The first-order chi connectivity index (χ1) is 16.1. The summed E-state index contributed by atoms with van der Waals surface area (Å²) in [7, 11) is 1.71. The van der Waals surface area contributed by atoms with Gasteiger partial charge in [0.05, 0.1) is 11.0 Å². The van der Waals surface area contributed by atoms with E-state index in [1.807, 2.05) is 29.2 Å². The standard InChI is InChI=1S/C23H34N8O2.2ClH/c1-16(2)15-31(18-12-17(13-24-14-18)21-26-28-29-27-21)23(32)22-25-19-8-4-5-9-20(19)30(22)10-6-7-11-33-3;;/h4-5,8-9,16-18,24H,6-7,10-15H2,1-3H3,(H,26,27,28,29);2*1H/t17?,18-;;/m0../s1. The summed E-state index contributed by atoms with van der Waals surface area (Å²) >= 11 is 0. The number of fused-ring (bicyclic) bond motifs is 1. The van der Waals surface area contributed by atoms with Crippen LogP contribution in [-0.4, -0.2) is 80.4 Å². The highest BCUT2D eigenvalue weighted by molar-refractivity contribution is 5.95. The highest BCUT2D eigenvalue weighted by Crippen LogP contribution is 2.26. The van der Waals surface area contributed by atoms with Crippen LogP contribution in [0.4, 0.5) is 0 Å². The Kier molecular flexibility index (Phi) is 11.4. The summed E-state index contributed by atoms with van der Waals surface area (Å²) < 4.78 is 7.28. The van der Waals surface area contributed by atoms with E-state index in [2.05, 4.69) is 44.4 Å². The Hall–Kier alpha value is -2.27. The molecule has 1 aliphatic rings. The molecule has 4 rings (SSSR count). The number of piperidine rings is 1. The molecule has 0 spiro atoms. The Morgan fingerprint density at radius 3 is 2.74 bits per heavy atom. The van der Waals surface area contributed by atoms with Crippen LogP contribution in [0.2, 0.25) is 0 Å². The van der Waals surface area contributed by atoms with Crippen LogP contribution < -0.4 is 5.32 Å². The number of hydrogen-bond acceptors (Lipinski definition) is 7. The number of amides is 1. The maximum absolute atomic E-state index is 14.0. The van der Waals surface area contributed by atoms with Gasteiger partial charge in [-0.2, -0.15) is 5.21 Å². The quantitative estimate of drug-likeness (QED) is 0.390. The Morgan fingerprint density at radius 1 is 1.23 bits per heavy atom. The first-order valence-electron chi connectivity index (χ1n) is 11.8. The number of tetrazole rings is 1. The third-order valence-electron chi connectivity index (χ3n) is 6.14. The van der Waals surface area contributed by atoms with Crippen molar-refractivity contribution in [3.8, 4) is 0 Å². The van der Waals surface area contributed by atoms with Gasteiger partial charge in [0.2, 0.25) is 0 Å². The zero-order valence-electron chi connectivity index (χ0n) is 20.5. The molecule has 0 bridgehead atoms. The van der Waals surface area contributed by atoms with Gasteiger partial charge in [-0.3, -0.25) is 4.79 Å². The van der Waals surface area contributed by atoms with E-state index in [9.17, 15) is 4.79 Å². The van der Waals surface area contributed by atoms with Crippen molar-refractivity contribution in [1.82, 2.24) is 40.4 Å². The molecule has 2 atom stereocenters. The number of para-hydroxylation sites is 2. The third kappa shape index (κ3) is 6.91. The molecule has 1 unspecified atom stereocenters. The van der Waals surface area contributed by atoms with Gasteiger partial charge in [0, 0.05) is 51.9 Å². The number of nitrogens with zero attached hydrogens (tertiary/aromatic N) is 6. The van der Waals surface area contributed by atoms with Crippen LogP contribution in [0.5, 0.6) is 0 Å². The molecule has 2 aromatic heterocycles. The highest BCUT2D eigenvalue weighted by atomic mass is 35.5. The summed E-state index contributed by atoms with van der Waals surface area (Å²) in [5, 5.41) is 18.1. The summed E-state index contributed by atoms with van der Waals surface area (Å²) in [5.41, 5.74) is 1.85. The lowest BCUT2D eigenvalue weighted by Crippen LogP contribution is -2.52. The first-order valence-corrected chi connectivity index (χ1v) is 11.8. The fraction of sp³-hybridized carbons (Fsp3) is 0.609. The van der Waals surface area contributed by atoms with Gasteiger partial charge in [-0.05, 0) is 37.3 Å². The van der Waals surface area contributed by atoms with Crippen molar-refractivity contribution in [2.45, 2.75) is 51.6 Å². The van der Waals surface area contributed by atoms with Gasteiger partial charge < -0.3 is 19.5 Å². The van der Waals surface area contributed by atoms with Crippen LogP contribution in [0.15, 0.2) is 24.3 Å². The molecule has 0 saturated carbocycles. The number of aromatic nitrogens is 6. The van der Waals surface area contributed by atoms with Crippen molar-refractivity contribution in [2.24, 2.45) is 5.92 Å². The van der Waals surface area contributed by atoms with E-state index in [1.54, 1.807) is 7.11 Å². The minimum absolute atomic E-state index is 0. The summed E-state index contributed by atoms with van der Waals surface area (Å²) in [5.74, 6) is 1.62. The summed E-state index contributed by atoms with van der Waals surface area (Å²) in [4.78, 5) is 20.8. The van der Waals surface area contributed by atoms with Crippen LogP contribution >= 0.6 is 24.8 Å².